The Bertz CT molecular complexity index is 1430. The molecular formula is C34H44N2O7Si. The first-order valence-corrected chi connectivity index (χ1v) is 18.6. The van der Waals surface area contributed by atoms with Crippen molar-refractivity contribution in [2.75, 3.05) is 6.54 Å². The molecule has 1 heterocycles. The normalized spacial score (nSPS) is 21.9. The lowest BCUT2D eigenvalue weighted by molar-refractivity contribution is -0.169. The lowest BCUT2D eigenvalue weighted by Gasteiger charge is -2.39. The minimum absolute atomic E-state index is 0.0348. The lowest BCUT2D eigenvalue weighted by Crippen LogP contribution is -2.60. The predicted molar refractivity (Wildman–Crippen MR) is 172 cm³/mol. The topological polar surface area (TPSA) is 113 Å². The fourth-order valence-corrected chi connectivity index (χ4v) is 5.38. The van der Waals surface area contributed by atoms with Crippen LogP contribution in [0.15, 0.2) is 65.7 Å². The third-order valence-electron chi connectivity index (χ3n) is 7.90. The molecule has 9 nitrogen and oxygen atoms in total. The highest BCUT2D eigenvalue weighted by atomic mass is 28.3. The number of hydrogen-bond donors (Lipinski definition) is 1. The number of carbonyl (C=O) groups excluding carboxylic acids is 3. The molecule has 3 atom stereocenters. The first kappa shape index (κ1) is 33.0. The summed E-state index contributed by atoms with van der Waals surface area (Å²) in [4.78, 5) is 45.0. The van der Waals surface area contributed by atoms with Gasteiger partial charge in [-0.15, -0.1) is 0 Å². The van der Waals surface area contributed by atoms with E-state index in [2.05, 4.69) is 30.0 Å². The minimum Gasteiger partial charge on any atom is -0.469 e. The zero-order valence-electron chi connectivity index (χ0n) is 26.8. The minimum atomic E-state index is -1.86. The van der Waals surface area contributed by atoms with Crippen molar-refractivity contribution in [2.45, 2.75) is 95.7 Å². The van der Waals surface area contributed by atoms with E-state index in [0.29, 0.717) is 24.2 Å². The van der Waals surface area contributed by atoms with Gasteiger partial charge in [0, 0.05) is 18.2 Å². The number of allylic oxidation sites excluding steroid dienone is 1. The first-order valence-electron chi connectivity index (χ1n) is 15.0. The number of fused-ring (bicyclic) bond motifs is 1. The number of aliphatic imine (C=N–C) groups is 1. The van der Waals surface area contributed by atoms with Gasteiger partial charge < -0.3 is 24.3 Å². The number of nitrogens with zero attached hydrogens (tertiary/aromatic N) is 1. The van der Waals surface area contributed by atoms with Crippen molar-refractivity contribution < 1.29 is 33.3 Å². The highest BCUT2D eigenvalue weighted by Gasteiger charge is 2.48. The summed E-state index contributed by atoms with van der Waals surface area (Å²) in [7, 11) is -1.86. The van der Waals surface area contributed by atoms with Gasteiger partial charge in [0.2, 0.25) is 5.60 Å². The summed E-state index contributed by atoms with van der Waals surface area (Å²) in [6.45, 7) is 13.7. The molecule has 0 fully saturated rings. The Morgan fingerprint density at radius 3 is 2.39 bits per heavy atom. The molecule has 1 amide bonds. The summed E-state index contributed by atoms with van der Waals surface area (Å²) in [5, 5.41) is 2.89. The number of aryl methyl sites for hydroxylation is 1. The van der Waals surface area contributed by atoms with Gasteiger partial charge in [-0.1, -0.05) is 62.1 Å². The molecule has 44 heavy (non-hydrogen) atoms. The number of hydrogen-bond acceptors (Lipinski definition) is 8. The van der Waals surface area contributed by atoms with E-state index in [-0.39, 0.29) is 25.3 Å². The Hall–Kier alpha value is -3.92. The van der Waals surface area contributed by atoms with E-state index in [1.807, 2.05) is 49.4 Å². The van der Waals surface area contributed by atoms with Crippen molar-refractivity contribution in [2.24, 2.45) is 4.99 Å². The number of nitrogens with one attached hydrogen (secondary N) is 1. The van der Waals surface area contributed by atoms with Gasteiger partial charge in [-0.2, -0.15) is 0 Å². The number of carbonyl (C=O) groups is 3. The number of amides is 1. The number of rotatable bonds is 9. The quantitative estimate of drug-likeness (QED) is 0.216. The Labute approximate surface area is 261 Å². The molecule has 1 N–H and O–H groups in total. The van der Waals surface area contributed by atoms with Crippen LogP contribution >= 0.6 is 0 Å². The lowest BCUT2D eigenvalue weighted by atomic mass is 9.77. The molecule has 236 valence electrons. The molecule has 0 bridgehead atoms. The van der Waals surface area contributed by atoms with E-state index in [1.165, 1.54) is 0 Å². The van der Waals surface area contributed by atoms with Crippen molar-refractivity contribution in [3.05, 3.63) is 77.4 Å². The maximum absolute atomic E-state index is 14.0. The highest BCUT2D eigenvalue weighted by molar-refractivity contribution is 6.77. The maximum Gasteiger partial charge on any atom is 0.408 e. The number of benzene rings is 2. The van der Waals surface area contributed by atoms with E-state index in [1.54, 1.807) is 45.2 Å². The van der Waals surface area contributed by atoms with Crippen LogP contribution < -0.4 is 10.1 Å². The van der Waals surface area contributed by atoms with Crippen LogP contribution in [0, 0.1) is 0 Å². The number of alkyl carbamates (subject to hydrolysis) is 1. The number of ether oxygens (including phenoxy) is 4. The summed E-state index contributed by atoms with van der Waals surface area (Å²) in [5.41, 5.74) is -1.46. The number of dihydropyridines is 1. The molecule has 4 rings (SSSR count). The van der Waals surface area contributed by atoms with Crippen LogP contribution in [-0.2, 0) is 43.2 Å². The molecule has 0 spiro atoms. The van der Waals surface area contributed by atoms with E-state index >= 15 is 0 Å². The second-order valence-corrected chi connectivity index (χ2v) is 19.1. The average Bonchev–Trinajstić information content (AvgIpc) is 2.96. The van der Waals surface area contributed by atoms with Crippen molar-refractivity contribution in [3.63, 3.8) is 0 Å². The predicted octanol–water partition coefficient (Wildman–Crippen LogP) is 5.75. The van der Waals surface area contributed by atoms with Gasteiger partial charge in [-0.05, 0) is 69.9 Å². The smallest absolute Gasteiger partial charge is 0.408 e. The van der Waals surface area contributed by atoms with Crippen LogP contribution in [0.3, 0.4) is 0 Å². The SMILES string of the molecule is CC(OC(=O)C1(NC(=O)OCc2ccccc2)CCc2cccc(OC3(C(=O)OC(C)(C)C)C=CC=NC3)c2C1)[Si](C)(C)C. The average molecular weight is 621 g/mol. The van der Waals surface area contributed by atoms with E-state index < -0.39 is 42.8 Å². The monoisotopic (exact) mass is 620 g/mol. The maximum atomic E-state index is 14.0. The van der Waals surface area contributed by atoms with Crippen molar-refractivity contribution in [3.8, 4) is 5.75 Å². The molecule has 1 aliphatic heterocycles. The zero-order valence-corrected chi connectivity index (χ0v) is 27.8. The van der Waals surface area contributed by atoms with Crippen molar-refractivity contribution in [1.82, 2.24) is 5.32 Å². The Morgan fingerprint density at radius 1 is 1.02 bits per heavy atom. The molecule has 3 unspecified atom stereocenters. The van der Waals surface area contributed by atoms with Crippen LogP contribution in [0.4, 0.5) is 4.79 Å². The second-order valence-electron chi connectivity index (χ2n) is 13.6. The molecule has 2 aliphatic rings. The largest absolute Gasteiger partial charge is 0.469 e. The molecule has 2 aromatic rings. The zero-order chi connectivity index (χ0) is 32.2. The van der Waals surface area contributed by atoms with Crippen molar-refractivity contribution >= 4 is 32.3 Å². The molecule has 1 aliphatic carbocycles. The Morgan fingerprint density at radius 2 is 1.75 bits per heavy atom. The van der Waals surface area contributed by atoms with Gasteiger partial charge in [0.25, 0.3) is 0 Å². The van der Waals surface area contributed by atoms with Crippen LogP contribution in [-0.4, -0.2) is 61.3 Å². The first-order chi connectivity index (χ1) is 20.6. The van der Waals surface area contributed by atoms with Gasteiger partial charge in [-0.25, -0.2) is 14.4 Å². The summed E-state index contributed by atoms with van der Waals surface area (Å²) in [6.07, 6.45) is 5.06. The van der Waals surface area contributed by atoms with Crippen LogP contribution in [0.2, 0.25) is 19.6 Å². The molecule has 10 heteroatoms. The molecule has 2 aromatic carbocycles. The van der Waals surface area contributed by atoms with Crippen LogP contribution in [0.1, 0.15) is 50.8 Å². The third-order valence-corrected chi connectivity index (χ3v) is 10.5. The van der Waals surface area contributed by atoms with Gasteiger partial charge in [0.05, 0.1) is 20.3 Å². The van der Waals surface area contributed by atoms with Gasteiger partial charge in [0.1, 0.15) is 23.5 Å². The molecule has 0 aromatic heterocycles. The van der Waals surface area contributed by atoms with E-state index in [0.717, 1.165) is 11.1 Å². The van der Waals surface area contributed by atoms with Gasteiger partial charge >= 0.3 is 18.0 Å². The standard InChI is InChI=1S/C34H44N2O7Si/c1-24(44(5,6)7)41-29(37)33(36-31(39)40-22-25-13-9-8-10-14-25)19-17-26-15-11-16-28(27(26)21-33)42-34(18-12-20-35-23-34)30(38)43-32(2,3)4/h8-16,18,20,24H,17,19,21-23H2,1-7H3,(H,36,39). The summed E-state index contributed by atoms with van der Waals surface area (Å²) in [6, 6.07) is 14.9. The van der Waals surface area contributed by atoms with Gasteiger partial charge in [0.15, 0.2) is 0 Å². The van der Waals surface area contributed by atoms with Gasteiger partial charge in [-0.3, -0.25) is 4.99 Å². The Balaban J connectivity index is 1.67. The number of esters is 2. The van der Waals surface area contributed by atoms with Crippen LogP contribution in [0.25, 0.3) is 0 Å². The molecule has 0 radical (unpaired) electrons. The highest BCUT2D eigenvalue weighted by Crippen LogP contribution is 2.38. The molecule has 0 saturated carbocycles. The summed E-state index contributed by atoms with van der Waals surface area (Å²) < 4.78 is 23.8. The second kappa shape index (κ2) is 13.0. The fraction of sp³-hybridized carbons (Fsp3) is 0.471. The molecule has 0 saturated heterocycles. The third kappa shape index (κ3) is 7.96. The van der Waals surface area contributed by atoms with Crippen molar-refractivity contribution in [1.29, 1.82) is 0 Å². The van der Waals surface area contributed by atoms with Crippen LogP contribution in [0.5, 0.6) is 5.75 Å². The molecular weight excluding hydrogens is 576 g/mol. The van der Waals surface area contributed by atoms with E-state index in [9.17, 15) is 14.4 Å². The Kier molecular flexibility index (Phi) is 9.73. The van der Waals surface area contributed by atoms with E-state index in [4.69, 9.17) is 18.9 Å². The fourth-order valence-electron chi connectivity index (χ4n) is 4.92. The summed E-state index contributed by atoms with van der Waals surface area (Å²) in [5.74, 6) is -0.679. The summed E-state index contributed by atoms with van der Waals surface area (Å²) >= 11 is 0.